The molecule has 2 aromatic rings. The molecule has 0 aliphatic carbocycles. The Morgan fingerprint density at radius 1 is 0.936 bits per heavy atom. The molecule has 1 atom stereocenters. The molecule has 47 heavy (non-hydrogen) atoms. The third-order valence-electron chi connectivity index (χ3n) is 8.63. The van der Waals surface area contributed by atoms with E-state index in [1.165, 1.54) is 7.05 Å². The normalized spacial score (nSPS) is 18.6. The largest absolute Gasteiger partial charge is 0.416 e. The predicted molar refractivity (Wildman–Crippen MR) is 171 cm³/mol. The summed E-state index contributed by atoms with van der Waals surface area (Å²) in [6, 6.07) is 5.16. The first-order valence-corrected chi connectivity index (χ1v) is 15.5. The molecule has 7 N–H and O–H groups in total. The lowest BCUT2D eigenvalue weighted by Crippen LogP contribution is -2.45. The Kier molecular flexibility index (Phi) is 10.9. The van der Waals surface area contributed by atoms with Crippen molar-refractivity contribution in [1.82, 2.24) is 20.3 Å². The van der Waals surface area contributed by atoms with Crippen LogP contribution in [0, 0.1) is 19.8 Å². The van der Waals surface area contributed by atoms with Crippen molar-refractivity contribution in [2.45, 2.75) is 64.5 Å². The topological polar surface area (TPSA) is 128 Å². The molecule has 2 aliphatic rings. The SMILES string of the molecule is CN/N=C(\N)N1CCC(CN2CCCC(N(Cc3cc(C(F)(F)F)cc(C(F)(F)F)c3)/C(N)=N/N(C)N)c3cc(C)cc(C)c32)CC1. The number of nitrogens with one attached hydrogen (secondary N) is 1. The van der Waals surface area contributed by atoms with E-state index in [9.17, 15) is 26.3 Å². The summed E-state index contributed by atoms with van der Waals surface area (Å²) in [5.41, 5.74) is 16.1. The second-order valence-electron chi connectivity index (χ2n) is 12.3. The van der Waals surface area contributed by atoms with E-state index in [1.54, 1.807) is 11.9 Å². The van der Waals surface area contributed by atoms with Crippen LogP contribution >= 0.6 is 0 Å². The van der Waals surface area contributed by atoms with Gasteiger partial charge in [0.2, 0.25) is 11.9 Å². The van der Waals surface area contributed by atoms with Gasteiger partial charge in [0, 0.05) is 52.5 Å². The molecule has 0 bridgehead atoms. The van der Waals surface area contributed by atoms with Gasteiger partial charge in [-0.15, -0.1) is 10.2 Å². The highest BCUT2D eigenvalue weighted by Crippen LogP contribution is 2.42. The zero-order chi connectivity index (χ0) is 34.7. The summed E-state index contributed by atoms with van der Waals surface area (Å²) < 4.78 is 82.5. The fraction of sp³-hybridized carbons (Fsp3) is 0.548. The van der Waals surface area contributed by atoms with Crippen LogP contribution in [0.15, 0.2) is 40.5 Å². The Morgan fingerprint density at radius 2 is 1.55 bits per heavy atom. The summed E-state index contributed by atoms with van der Waals surface area (Å²) in [5.74, 6) is 6.47. The second kappa shape index (κ2) is 14.4. The van der Waals surface area contributed by atoms with Crippen LogP contribution in [-0.4, -0.2) is 67.1 Å². The highest BCUT2D eigenvalue weighted by Gasteiger charge is 2.38. The van der Waals surface area contributed by atoms with E-state index >= 15 is 0 Å². The minimum Gasteiger partial charge on any atom is -0.371 e. The summed E-state index contributed by atoms with van der Waals surface area (Å²) >= 11 is 0. The third kappa shape index (κ3) is 8.84. The molecule has 0 spiro atoms. The van der Waals surface area contributed by atoms with Gasteiger partial charge in [-0.3, -0.25) is 0 Å². The number of hydrogen-bond donors (Lipinski definition) is 4. The number of hydrazine groups is 1. The second-order valence-corrected chi connectivity index (χ2v) is 12.3. The van der Waals surface area contributed by atoms with Crippen LogP contribution < -0.4 is 27.6 Å². The Morgan fingerprint density at radius 3 is 2.11 bits per heavy atom. The minimum atomic E-state index is -4.98. The van der Waals surface area contributed by atoms with E-state index in [0.717, 1.165) is 72.1 Å². The molecule has 260 valence electrons. The van der Waals surface area contributed by atoms with Crippen molar-refractivity contribution in [1.29, 1.82) is 0 Å². The first kappa shape index (κ1) is 35.8. The van der Waals surface area contributed by atoms with Gasteiger partial charge in [0.15, 0.2) is 0 Å². The molecular formula is C31H44F6N10. The number of nitrogens with two attached hydrogens (primary N) is 3. The van der Waals surface area contributed by atoms with Crippen molar-refractivity contribution in [2.24, 2.45) is 33.4 Å². The van der Waals surface area contributed by atoms with Crippen molar-refractivity contribution in [3.8, 4) is 0 Å². The lowest BCUT2D eigenvalue weighted by molar-refractivity contribution is -0.143. The number of benzene rings is 2. The number of likely N-dealkylation sites (tertiary alicyclic amines) is 1. The van der Waals surface area contributed by atoms with Crippen LogP contribution in [-0.2, 0) is 18.9 Å². The molecular weight excluding hydrogens is 626 g/mol. The number of hydrogen-bond acceptors (Lipinski definition) is 6. The fourth-order valence-corrected chi connectivity index (χ4v) is 6.65. The Balaban J connectivity index is 1.74. The Labute approximate surface area is 271 Å². The zero-order valence-corrected chi connectivity index (χ0v) is 27.1. The molecule has 1 unspecified atom stereocenters. The van der Waals surface area contributed by atoms with Gasteiger partial charge in [0.05, 0.1) is 17.2 Å². The number of alkyl halides is 6. The number of guanidine groups is 2. The summed E-state index contributed by atoms with van der Waals surface area (Å²) in [6.45, 7) is 6.62. The van der Waals surface area contributed by atoms with Gasteiger partial charge in [-0.1, -0.05) is 17.7 Å². The smallest absolute Gasteiger partial charge is 0.371 e. The maximum Gasteiger partial charge on any atom is 0.416 e. The average Bonchev–Trinajstić information content (AvgIpc) is 3.14. The van der Waals surface area contributed by atoms with Crippen molar-refractivity contribution < 1.29 is 26.3 Å². The van der Waals surface area contributed by atoms with Gasteiger partial charge < -0.3 is 31.6 Å². The quantitative estimate of drug-likeness (QED) is 0.110. The molecule has 2 aromatic carbocycles. The number of nitrogens with zero attached hydrogens (tertiary/aromatic N) is 6. The number of aryl methyl sites for hydroxylation is 2. The molecule has 4 rings (SSSR count). The van der Waals surface area contributed by atoms with Crippen LogP contribution in [0.3, 0.4) is 0 Å². The van der Waals surface area contributed by atoms with Gasteiger partial charge in [-0.05, 0) is 80.3 Å². The number of fused-ring (bicyclic) bond motifs is 1. The maximum absolute atomic E-state index is 13.8. The monoisotopic (exact) mass is 670 g/mol. The van der Waals surface area contributed by atoms with Crippen molar-refractivity contribution >= 4 is 17.6 Å². The van der Waals surface area contributed by atoms with E-state index in [-0.39, 0.29) is 24.1 Å². The molecule has 1 saturated heterocycles. The van der Waals surface area contributed by atoms with Crippen LogP contribution in [0.4, 0.5) is 32.0 Å². The lowest BCUT2D eigenvalue weighted by atomic mass is 9.93. The van der Waals surface area contributed by atoms with E-state index in [0.29, 0.717) is 31.3 Å². The Hall–Kier alpha value is -4.08. The number of piperidine rings is 1. The molecule has 0 saturated carbocycles. The van der Waals surface area contributed by atoms with Gasteiger partial charge in [0.1, 0.15) is 0 Å². The first-order chi connectivity index (χ1) is 22.0. The minimum absolute atomic E-state index is 0.122. The predicted octanol–water partition coefficient (Wildman–Crippen LogP) is 4.68. The van der Waals surface area contributed by atoms with Gasteiger partial charge >= 0.3 is 12.4 Å². The summed E-state index contributed by atoms with van der Waals surface area (Å²) in [7, 11) is 3.12. The standard InChI is InChI=1S/C31H44F6N10/c1-19-12-20(2)27-25(13-19)26(6-5-9-46(27)17-21-7-10-45(11-8-21)28(38)42-41-3)47(29(39)43-44(4)40)18-22-14-23(30(32,33)34)16-24(15-22)31(35,36)37/h12-16,21,26,41H,5-11,17-18,40H2,1-4H3,(H2,38,42)(H2,39,43). The number of halogens is 6. The van der Waals surface area contributed by atoms with E-state index in [2.05, 4.69) is 26.6 Å². The van der Waals surface area contributed by atoms with Gasteiger partial charge in [-0.2, -0.15) is 26.3 Å². The van der Waals surface area contributed by atoms with E-state index in [4.69, 9.17) is 17.3 Å². The highest BCUT2D eigenvalue weighted by molar-refractivity contribution is 5.79. The summed E-state index contributed by atoms with van der Waals surface area (Å²) in [5, 5.41) is 9.18. The highest BCUT2D eigenvalue weighted by atomic mass is 19.4. The average molecular weight is 671 g/mol. The third-order valence-corrected chi connectivity index (χ3v) is 8.63. The van der Waals surface area contributed by atoms with Crippen LogP contribution in [0.5, 0.6) is 0 Å². The van der Waals surface area contributed by atoms with Crippen LogP contribution in [0.25, 0.3) is 0 Å². The molecule has 16 heteroatoms. The summed E-state index contributed by atoms with van der Waals surface area (Å²) in [4.78, 5) is 5.95. The lowest BCUT2D eigenvalue weighted by Gasteiger charge is -2.38. The molecule has 0 aromatic heterocycles. The zero-order valence-electron chi connectivity index (χ0n) is 27.1. The van der Waals surface area contributed by atoms with Crippen molar-refractivity contribution in [2.75, 3.05) is 45.2 Å². The van der Waals surface area contributed by atoms with Crippen LogP contribution in [0.1, 0.15) is 65.1 Å². The van der Waals surface area contributed by atoms with E-state index in [1.807, 2.05) is 24.8 Å². The maximum atomic E-state index is 13.8. The molecule has 0 radical (unpaired) electrons. The molecule has 2 heterocycles. The van der Waals surface area contributed by atoms with Gasteiger partial charge in [-0.25, -0.2) is 11.0 Å². The molecule has 1 fully saturated rings. The molecule has 10 nitrogen and oxygen atoms in total. The first-order valence-electron chi connectivity index (χ1n) is 15.5. The van der Waals surface area contributed by atoms with Gasteiger partial charge in [0.25, 0.3) is 0 Å². The Bertz CT molecular complexity index is 1420. The fourth-order valence-electron chi connectivity index (χ4n) is 6.65. The number of anilines is 1. The van der Waals surface area contributed by atoms with Crippen LogP contribution in [0.2, 0.25) is 0 Å². The summed E-state index contributed by atoms with van der Waals surface area (Å²) in [6.07, 6.45) is -6.93. The van der Waals surface area contributed by atoms with Crippen molar-refractivity contribution in [3.05, 3.63) is 63.7 Å². The number of rotatable bonds is 7. The van der Waals surface area contributed by atoms with Crippen molar-refractivity contribution in [3.63, 3.8) is 0 Å². The molecule has 0 amide bonds. The van der Waals surface area contributed by atoms with E-state index < -0.39 is 29.5 Å². The number of hydrazone groups is 2. The molecule has 2 aliphatic heterocycles.